The van der Waals surface area contributed by atoms with Crippen LogP contribution in [0.4, 0.5) is 10.7 Å². The number of piperidine rings is 1. The maximum absolute atomic E-state index is 12.0. The summed E-state index contributed by atoms with van der Waals surface area (Å²) in [6.07, 6.45) is 5.37. The average molecular weight is 372 g/mol. The van der Waals surface area contributed by atoms with Crippen LogP contribution in [-0.2, 0) is 4.79 Å². The van der Waals surface area contributed by atoms with Gasteiger partial charge in [0.25, 0.3) is 0 Å². The van der Waals surface area contributed by atoms with Crippen LogP contribution in [0.25, 0.3) is 0 Å². The second-order valence-electron chi connectivity index (χ2n) is 6.07. The van der Waals surface area contributed by atoms with E-state index in [1.165, 1.54) is 5.00 Å². The van der Waals surface area contributed by atoms with E-state index in [1.807, 2.05) is 0 Å². The molecule has 2 aromatic heterocycles. The topological polar surface area (TPSA) is 81.6 Å². The highest BCUT2D eigenvalue weighted by Crippen LogP contribution is 2.24. The smallest absolute Gasteiger partial charge is 0.243 e. The molecule has 3 N–H and O–H groups in total. The number of carbonyl (C=O) groups excluding carboxylic acids is 1. The molecule has 1 amide bonds. The van der Waals surface area contributed by atoms with Gasteiger partial charge in [-0.15, -0.1) is 11.3 Å². The van der Waals surface area contributed by atoms with Crippen LogP contribution in [0.3, 0.4) is 0 Å². The number of thiophene rings is 1. The lowest BCUT2D eigenvalue weighted by atomic mass is 10.1. The largest absolute Gasteiger partial charge is 0.363 e. The molecule has 0 aromatic carbocycles. The van der Waals surface area contributed by atoms with Gasteiger partial charge in [-0.2, -0.15) is 0 Å². The number of hydrogen-bond acceptors (Lipinski definition) is 5. The number of anilines is 2. The summed E-state index contributed by atoms with van der Waals surface area (Å²) in [5.74, 6) is 0.523. The number of nitrogens with zero attached hydrogens (tertiary/aromatic N) is 3. The van der Waals surface area contributed by atoms with E-state index in [2.05, 4.69) is 48.3 Å². The molecule has 2 aromatic rings. The van der Waals surface area contributed by atoms with Crippen LogP contribution in [0.15, 0.2) is 47.0 Å². The van der Waals surface area contributed by atoms with Crippen molar-refractivity contribution < 1.29 is 4.79 Å². The minimum atomic E-state index is -0.131. The normalized spacial score (nSPS) is 15.6. The van der Waals surface area contributed by atoms with E-state index >= 15 is 0 Å². The van der Waals surface area contributed by atoms with Gasteiger partial charge in [-0.3, -0.25) is 14.8 Å². The van der Waals surface area contributed by atoms with Gasteiger partial charge < -0.3 is 20.9 Å². The number of guanidine groups is 1. The molecule has 0 spiro atoms. The summed E-state index contributed by atoms with van der Waals surface area (Å²) in [5, 5.41) is 12.7. The zero-order valence-electron chi connectivity index (χ0n) is 14.8. The second kappa shape index (κ2) is 9.19. The summed E-state index contributed by atoms with van der Waals surface area (Å²) in [6.45, 7) is 2.20. The first-order valence-electron chi connectivity index (χ1n) is 8.70. The Morgan fingerprint density at radius 1 is 1.35 bits per heavy atom. The molecule has 0 aliphatic carbocycles. The predicted molar refractivity (Wildman–Crippen MR) is 107 cm³/mol. The molecule has 0 unspecified atom stereocenters. The van der Waals surface area contributed by atoms with Gasteiger partial charge in [0.15, 0.2) is 5.96 Å². The minimum absolute atomic E-state index is 0.131. The van der Waals surface area contributed by atoms with Gasteiger partial charge in [-0.25, -0.2) is 0 Å². The van der Waals surface area contributed by atoms with Crippen LogP contribution >= 0.6 is 11.3 Å². The Hall–Kier alpha value is -2.61. The van der Waals surface area contributed by atoms with Crippen molar-refractivity contribution in [2.45, 2.75) is 18.9 Å². The van der Waals surface area contributed by atoms with Gasteiger partial charge in [0, 0.05) is 32.4 Å². The number of hydrogen-bond donors (Lipinski definition) is 3. The molecule has 26 heavy (non-hydrogen) atoms. The van der Waals surface area contributed by atoms with Crippen molar-refractivity contribution in [3.8, 4) is 0 Å². The van der Waals surface area contributed by atoms with Crippen LogP contribution in [0.5, 0.6) is 0 Å². The number of carbonyl (C=O) groups is 1. The summed E-state index contributed by atoms with van der Waals surface area (Å²) < 4.78 is 0. The van der Waals surface area contributed by atoms with E-state index in [0.29, 0.717) is 17.7 Å². The lowest BCUT2D eigenvalue weighted by molar-refractivity contribution is -0.115. The third-order valence-electron chi connectivity index (χ3n) is 4.24. The molecule has 1 aliphatic heterocycles. The third-order valence-corrected chi connectivity index (χ3v) is 5.17. The molecule has 0 atom stereocenters. The highest BCUT2D eigenvalue weighted by Gasteiger charge is 2.20. The van der Waals surface area contributed by atoms with E-state index in [1.54, 1.807) is 42.9 Å². The third kappa shape index (κ3) is 5.19. The van der Waals surface area contributed by atoms with E-state index in [4.69, 9.17) is 0 Å². The van der Waals surface area contributed by atoms with Gasteiger partial charge in [0.05, 0.1) is 23.4 Å². The molecule has 138 valence electrons. The monoisotopic (exact) mass is 372 g/mol. The predicted octanol–water partition coefficient (Wildman–Crippen LogP) is 1.92. The number of aliphatic imine (C=N–C) groups is 1. The van der Waals surface area contributed by atoms with Gasteiger partial charge in [0.2, 0.25) is 5.91 Å². The van der Waals surface area contributed by atoms with Crippen LogP contribution in [0.1, 0.15) is 12.8 Å². The van der Waals surface area contributed by atoms with E-state index < -0.39 is 0 Å². The number of pyridine rings is 1. The van der Waals surface area contributed by atoms with Crippen molar-refractivity contribution >= 4 is 33.9 Å². The zero-order chi connectivity index (χ0) is 18.2. The first-order valence-corrected chi connectivity index (χ1v) is 9.58. The number of rotatable bonds is 5. The Morgan fingerprint density at radius 2 is 2.19 bits per heavy atom. The minimum Gasteiger partial charge on any atom is -0.363 e. The van der Waals surface area contributed by atoms with Crippen LogP contribution in [0.2, 0.25) is 0 Å². The van der Waals surface area contributed by atoms with E-state index in [9.17, 15) is 4.79 Å². The molecule has 0 saturated carbocycles. The fourth-order valence-electron chi connectivity index (χ4n) is 2.89. The molecule has 3 rings (SSSR count). The Bertz CT molecular complexity index is 711. The number of nitrogens with one attached hydrogen (secondary N) is 3. The van der Waals surface area contributed by atoms with Gasteiger partial charge in [-0.1, -0.05) is 0 Å². The number of aromatic nitrogens is 1. The zero-order valence-corrected chi connectivity index (χ0v) is 15.6. The van der Waals surface area contributed by atoms with E-state index in [0.717, 1.165) is 25.9 Å². The maximum Gasteiger partial charge on any atom is 0.243 e. The first-order chi connectivity index (χ1) is 12.7. The standard InChI is InChI=1S/C18H24N6OS/c1-19-18(21-13-16(25)22-15-4-2-8-20-12-15)23-14-6-9-24(10-7-14)17-5-3-11-26-17/h2-5,8,11-12,14H,6-7,9-10,13H2,1H3,(H,22,25)(H2,19,21,23). The van der Waals surface area contributed by atoms with Crippen LogP contribution in [0, 0.1) is 0 Å². The van der Waals surface area contributed by atoms with Gasteiger partial charge in [-0.05, 0) is 42.5 Å². The SMILES string of the molecule is CN=C(NCC(=O)Nc1cccnc1)NC1CCN(c2cccs2)CC1. The maximum atomic E-state index is 12.0. The fourth-order valence-corrected chi connectivity index (χ4v) is 3.67. The Morgan fingerprint density at radius 3 is 2.85 bits per heavy atom. The molecule has 3 heterocycles. The van der Waals surface area contributed by atoms with Gasteiger partial charge in [0.1, 0.15) is 0 Å². The highest BCUT2D eigenvalue weighted by molar-refractivity contribution is 7.14. The number of amides is 1. The van der Waals surface area contributed by atoms with Crippen LogP contribution < -0.4 is 20.9 Å². The van der Waals surface area contributed by atoms with Crippen molar-refractivity contribution in [1.82, 2.24) is 15.6 Å². The lowest BCUT2D eigenvalue weighted by Crippen LogP contribution is -2.49. The lowest BCUT2D eigenvalue weighted by Gasteiger charge is -2.33. The molecule has 0 radical (unpaired) electrons. The van der Waals surface area contributed by atoms with Crippen molar-refractivity contribution in [2.75, 3.05) is 36.9 Å². The van der Waals surface area contributed by atoms with Crippen molar-refractivity contribution in [3.05, 3.63) is 42.0 Å². The Kier molecular flexibility index (Phi) is 6.43. The Labute approximate surface area is 157 Å². The summed E-state index contributed by atoms with van der Waals surface area (Å²) in [7, 11) is 1.72. The van der Waals surface area contributed by atoms with Crippen LogP contribution in [-0.4, -0.2) is 49.6 Å². The molecule has 1 aliphatic rings. The fraction of sp³-hybridized carbons (Fsp3) is 0.389. The molecule has 1 saturated heterocycles. The van der Waals surface area contributed by atoms with Gasteiger partial charge >= 0.3 is 0 Å². The highest BCUT2D eigenvalue weighted by atomic mass is 32.1. The summed E-state index contributed by atoms with van der Waals surface area (Å²) in [4.78, 5) is 22.6. The Balaban J connectivity index is 1.40. The summed E-state index contributed by atoms with van der Waals surface area (Å²) >= 11 is 1.78. The molecular weight excluding hydrogens is 348 g/mol. The van der Waals surface area contributed by atoms with E-state index in [-0.39, 0.29) is 12.5 Å². The molecule has 8 heteroatoms. The average Bonchev–Trinajstić information content (AvgIpc) is 3.21. The second-order valence-corrected chi connectivity index (χ2v) is 7.00. The summed E-state index contributed by atoms with van der Waals surface area (Å²) in [6, 6.07) is 8.21. The van der Waals surface area contributed by atoms with Crippen molar-refractivity contribution in [1.29, 1.82) is 0 Å². The molecule has 0 bridgehead atoms. The first kappa shape index (κ1) is 18.2. The molecule has 7 nitrogen and oxygen atoms in total. The molecular formula is C18H24N6OS. The van der Waals surface area contributed by atoms with Crippen molar-refractivity contribution in [3.63, 3.8) is 0 Å². The molecule has 1 fully saturated rings. The van der Waals surface area contributed by atoms with Crippen molar-refractivity contribution in [2.24, 2.45) is 4.99 Å². The summed E-state index contributed by atoms with van der Waals surface area (Å²) in [5.41, 5.74) is 0.684. The quantitative estimate of drug-likeness (QED) is 0.552.